The first-order valence-electron chi connectivity index (χ1n) is 9.79. The third-order valence-corrected chi connectivity index (χ3v) is 9.51. The van der Waals surface area contributed by atoms with Crippen molar-refractivity contribution in [3.05, 3.63) is 47.5 Å². The molecule has 2 rings (SSSR count). The third kappa shape index (κ3) is 7.60. The molecule has 2 aromatic rings. The van der Waals surface area contributed by atoms with Gasteiger partial charge in [0.2, 0.25) is 0 Å². The number of aliphatic carboxylic acids is 2. The van der Waals surface area contributed by atoms with Crippen LogP contribution in [0.4, 0.5) is 0 Å². The van der Waals surface area contributed by atoms with Gasteiger partial charge in [-0.3, -0.25) is 9.59 Å². The highest BCUT2D eigenvalue weighted by molar-refractivity contribution is 8.33. The molecule has 2 aromatic carbocycles. The Morgan fingerprint density at radius 3 is 1.32 bits per heavy atom. The summed E-state index contributed by atoms with van der Waals surface area (Å²) < 4.78 is 0. The minimum absolute atomic E-state index is 0.0728. The molecule has 0 amide bonds. The van der Waals surface area contributed by atoms with Crippen LogP contribution in [0.3, 0.4) is 0 Å². The maximum absolute atomic E-state index is 11.3. The number of aromatic hydroxyl groups is 4. The lowest BCUT2D eigenvalue weighted by molar-refractivity contribution is -0.137. The van der Waals surface area contributed by atoms with Crippen LogP contribution in [0.15, 0.2) is 36.4 Å². The third-order valence-electron chi connectivity index (χ3n) is 5.23. The lowest BCUT2D eigenvalue weighted by Gasteiger charge is -2.40. The normalized spacial score (nSPS) is 11.9. The zero-order valence-corrected chi connectivity index (χ0v) is 17.8. The first-order chi connectivity index (χ1) is 14.6. The van der Waals surface area contributed by atoms with Crippen molar-refractivity contribution in [3.8, 4) is 23.0 Å². The molecule has 31 heavy (non-hydrogen) atoms. The number of rotatable bonds is 12. The quantitative estimate of drug-likeness (QED) is 0.268. The Hall–Kier alpha value is -3.07. The average Bonchev–Trinajstić information content (AvgIpc) is 2.71. The van der Waals surface area contributed by atoms with Gasteiger partial charge in [-0.1, -0.05) is 12.1 Å². The van der Waals surface area contributed by atoms with E-state index in [9.17, 15) is 40.2 Å². The molecular formula is C22H28O8S. The second-order valence-corrected chi connectivity index (χ2v) is 11.6. The minimum Gasteiger partial charge on any atom is -0.504 e. The SMILES string of the molecule is O=C(O)CCS(CCC(=O)O)(CCc1ccc(O)c(O)c1)CCc1ccc(O)c(O)c1. The second-order valence-electron chi connectivity index (χ2n) is 7.47. The predicted octanol–water partition coefficient (Wildman–Crippen LogP) is 3.05. The Labute approximate surface area is 181 Å². The van der Waals surface area contributed by atoms with Crippen molar-refractivity contribution in [3.63, 3.8) is 0 Å². The molecule has 0 aromatic heterocycles. The fourth-order valence-electron chi connectivity index (χ4n) is 3.34. The van der Waals surface area contributed by atoms with Crippen molar-refractivity contribution in [2.24, 2.45) is 0 Å². The van der Waals surface area contributed by atoms with E-state index in [1.807, 2.05) is 0 Å². The maximum atomic E-state index is 11.3. The number of benzene rings is 2. The Kier molecular flexibility index (Phi) is 8.44. The van der Waals surface area contributed by atoms with Crippen molar-refractivity contribution in [1.29, 1.82) is 0 Å². The largest absolute Gasteiger partial charge is 0.504 e. The molecule has 0 saturated heterocycles. The first-order valence-corrected chi connectivity index (χ1v) is 12.1. The number of carbonyl (C=O) groups is 2. The van der Waals surface area contributed by atoms with Crippen LogP contribution in [0.2, 0.25) is 0 Å². The van der Waals surface area contributed by atoms with Crippen LogP contribution in [-0.4, -0.2) is 65.6 Å². The monoisotopic (exact) mass is 452 g/mol. The Balaban J connectivity index is 2.25. The fraction of sp³-hybridized carbons (Fsp3) is 0.364. The number of carboxylic acid groups (broad SMARTS) is 2. The summed E-state index contributed by atoms with van der Waals surface area (Å²) in [5, 5.41) is 56.9. The fourth-order valence-corrected chi connectivity index (χ4v) is 7.12. The summed E-state index contributed by atoms with van der Waals surface area (Å²) in [6.45, 7) is 0. The van der Waals surface area contributed by atoms with E-state index in [2.05, 4.69) is 0 Å². The van der Waals surface area contributed by atoms with E-state index >= 15 is 0 Å². The van der Waals surface area contributed by atoms with Crippen molar-refractivity contribution >= 4 is 22.0 Å². The summed E-state index contributed by atoms with van der Waals surface area (Å²) in [5.41, 5.74) is 1.53. The van der Waals surface area contributed by atoms with Gasteiger partial charge in [0.25, 0.3) is 0 Å². The van der Waals surface area contributed by atoms with Gasteiger partial charge in [0, 0.05) is 0 Å². The highest BCUT2D eigenvalue weighted by Crippen LogP contribution is 2.50. The average molecular weight is 453 g/mol. The number of aryl methyl sites for hydroxylation is 2. The molecule has 0 aliphatic rings. The van der Waals surface area contributed by atoms with Crippen LogP contribution < -0.4 is 0 Å². The zero-order chi connectivity index (χ0) is 23.0. The van der Waals surface area contributed by atoms with Crippen LogP contribution in [0, 0.1) is 0 Å². The molecular weight excluding hydrogens is 424 g/mol. The van der Waals surface area contributed by atoms with Gasteiger partial charge in [0.1, 0.15) is 0 Å². The first kappa shape index (κ1) is 24.2. The summed E-state index contributed by atoms with van der Waals surface area (Å²) in [6, 6.07) is 9.01. The van der Waals surface area contributed by atoms with E-state index in [-0.39, 0.29) is 35.8 Å². The van der Waals surface area contributed by atoms with Gasteiger partial charge < -0.3 is 30.6 Å². The van der Waals surface area contributed by atoms with Crippen molar-refractivity contribution in [1.82, 2.24) is 0 Å². The van der Waals surface area contributed by atoms with Crippen molar-refractivity contribution < 1.29 is 40.2 Å². The van der Waals surface area contributed by atoms with Crippen LogP contribution >= 0.6 is 10.0 Å². The van der Waals surface area contributed by atoms with E-state index in [0.717, 1.165) is 11.1 Å². The summed E-state index contributed by atoms with van der Waals surface area (Å²) in [7, 11) is -1.68. The molecule has 0 fully saturated rings. The molecule has 0 radical (unpaired) electrons. The number of hydrogen-bond donors (Lipinski definition) is 6. The molecule has 0 atom stereocenters. The number of phenolic OH excluding ortho intramolecular Hbond substituents is 4. The molecule has 0 aliphatic heterocycles. The highest BCUT2D eigenvalue weighted by Gasteiger charge is 2.26. The Morgan fingerprint density at radius 2 is 1.00 bits per heavy atom. The zero-order valence-electron chi connectivity index (χ0n) is 17.0. The van der Waals surface area contributed by atoms with Crippen LogP contribution in [0.25, 0.3) is 0 Å². The molecule has 170 valence electrons. The number of hydrogen-bond acceptors (Lipinski definition) is 6. The summed E-state index contributed by atoms with van der Waals surface area (Å²) >= 11 is 0. The molecule has 0 unspecified atom stereocenters. The molecule has 9 heteroatoms. The smallest absolute Gasteiger partial charge is 0.304 e. The van der Waals surface area contributed by atoms with Crippen LogP contribution in [0.1, 0.15) is 24.0 Å². The van der Waals surface area contributed by atoms with E-state index in [1.54, 1.807) is 12.1 Å². The molecule has 0 aliphatic carbocycles. The van der Waals surface area contributed by atoms with Gasteiger partial charge in [-0.2, -0.15) is 0 Å². The van der Waals surface area contributed by atoms with E-state index in [0.29, 0.717) is 35.9 Å². The number of carboxylic acids is 2. The predicted molar refractivity (Wildman–Crippen MR) is 119 cm³/mol. The van der Waals surface area contributed by atoms with Crippen molar-refractivity contribution in [2.75, 3.05) is 23.0 Å². The van der Waals surface area contributed by atoms with Crippen LogP contribution in [0.5, 0.6) is 23.0 Å². The lowest BCUT2D eigenvalue weighted by Crippen LogP contribution is -2.23. The molecule has 0 heterocycles. The Bertz CT molecular complexity index is 852. The molecule has 8 nitrogen and oxygen atoms in total. The topological polar surface area (TPSA) is 156 Å². The molecule has 0 saturated carbocycles. The standard InChI is InChI=1S/C22H28O8S/c23-17-3-1-15(13-19(17)25)5-9-31(11-7-21(27)28,12-8-22(29)30)10-6-16-2-4-18(24)20(26)14-16/h1-4,13-14,23-26H,5-12H2,(H,27,28)(H,29,30). The van der Waals surface area contributed by atoms with Gasteiger partial charge in [-0.15, -0.1) is 0 Å². The number of phenols is 4. The highest BCUT2D eigenvalue weighted by atomic mass is 32.3. The van der Waals surface area contributed by atoms with Gasteiger partial charge in [0.05, 0.1) is 12.8 Å². The van der Waals surface area contributed by atoms with Gasteiger partial charge in [0.15, 0.2) is 23.0 Å². The summed E-state index contributed by atoms with van der Waals surface area (Å²) in [6.07, 6.45) is 0.861. The summed E-state index contributed by atoms with van der Waals surface area (Å²) in [4.78, 5) is 22.5. The second kappa shape index (κ2) is 10.8. The van der Waals surface area contributed by atoms with Gasteiger partial charge >= 0.3 is 11.9 Å². The van der Waals surface area contributed by atoms with Crippen molar-refractivity contribution in [2.45, 2.75) is 25.7 Å². The molecule has 0 spiro atoms. The summed E-state index contributed by atoms with van der Waals surface area (Å²) in [5.74, 6) is -0.967. The maximum Gasteiger partial charge on any atom is 0.304 e. The van der Waals surface area contributed by atoms with E-state index < -0.39 is 22.0 Å². The van der Waals surface area contributed by atoms with Gasteiger partial charge in [-0.05, 0) is 71.2 Å². The minimum atomic E-state index is -1.68. The molecule has 0 bridgehead atoms. The van der Waals surface area contributed by atoms with E-state index in [1.165, 1.54) is 24.3 Å². The van der Waals surface area contributed by atoms with Crippen LogP contribution in [-0.2, 0) is 22.4 Å². The van der Waals surface area contributed by atoms with Gasteiger partial charge in [-0.25, -0.2) is 10.0 Å². The lowest BCUT2D eigenvalue weighted by atomic mass is 10.1. The van der Waals surface area contributed by atoms with E-state index in [4.69, 9.17) is 0 Å². The molecule has 6 N–H and O–H groups in total. The Morgan fingerprint density at radius 1 is 0.613 bits per heavy atom.